The number of fused-ring (bicyclic) bond motifs is 1. The van der Waals surface area contributed by atoms with Crippen LogP contribution < -0.4 is 10.5 Å². The van der Waals surface area contributed by atoms with Crippen LogP contribution in [-0.2, 0) is 6.61 Å². The van der Waals surface area contributed by atoms with Crippen LogP contribution >= 0.6 is 11.6 Å². The first-order valence-corrected chi connectivity index (χ1v) is 6.62. The Balaban J connectivity index is 1.87. The molecule has 0 spiro atoms. The lowest BCUT2D eigenvalue weighted by molar-refractivity contribution is 0.307. The number of hydrogen-bond acceptors (Lipinski definition) is 3. The minimum atomic E-state index is 0.415. The predicted octanol–water partition coefficient (Wildman–Crippen LogP) is 4.05. The van der Waals surface area contributed by atoms with E-state index in [1.807, 2.05) is 30.3 Å². The molecule has 3 aromatic rings. The fourth-order valence-electron chi connectivity index (χ4n) is 2.07. The van der Waals surface area contributed by atoms with Crippen LogP contribution in [0.1, 0.15) is 5.56 Å². The number of hydrogen-bond donors (Lipinski definition) is 1. The lowest BCUT2D eigenvalue weighted by Gasteiger charge is -2.10. The second-order valence-electron chi connectivity index (χ2n) is 4.47. The second kappa shape index (κ2) is 5.39. The topological polar surface area (TPSA) is 48.1 Å². The van der Waals surface area contributed by atoms with Gasteiger partial charge in [0.2, 0.25) is 0 Å². The van der Waals surface area contributed by atoms with Crippen molar-refractivity contribution in [2.75, 3.05) is 5.73 Å². The van der Waals surface area contributed by atoms with Crippen molar-refractivity contribution < 1.29 is 4.74 Å². The number of ether oxygens (including phenoxy) is 1. The molecule has 2 aromatic carbocycles. The number of nitrogens with zero attached hydrogens (tertiary/aromatic N) is 1. The summed E-state index contributed by atoms with van der Waals surface area (Å²) >= 11 is 6.09. The van der Waals surface area contributed by atoms with E-state index >= 15 is 0 Å². The SMILES string of the molecule is Nc1ccc(OCc2cccc3cccnc23)c(Cl)c1. The summed E-state index contributed by atoms with van der Waals surface area (Å²) in [5.41, 5.74) is 8.25. The third-order valence-corrected chi connectivity index (χ3v) is 3.35. The molecular weight excluding hydrogens is 272 g/mol. The average molecular weight is 285 g/mol. The Hall–Kier alpha value is -2.26. The van der Waals surface area contributed by atoms with Crippen LogP contribution in [0.15, 0.2) is 54.7 Å². The first-order valence-electron chi connectivity index (χ1n) is 6.24. The van der Waals surface area contributed by atoms with Crippen molar-refractivity contribution in [1.82, 2.24) is 4.98 Å². The van der Waals surface area contributed by atoms with E-state index in [4.69, 9.17) is 22.1 Å². The average Bonchev–Trinajstić information content (AvgIpc) is 2.46. The van der Waals surface area contributed by atoms with E-state index in [0.717, 1.165) is 16.5 Å². The van der Waals surface area contributed by atoms with Crippen LogP contribution in [0.2, 0.25) is 5.02 Å². The molecule has 100 valence electrons. The highest BCUT2D eigenvalue weighted by Crippen LogP contribution is 2.27. The van der Waals surface area contributed by atoms with Crippen molar-refractivity contribution >= 4 is 28.2 Å². The zero-order chi connectivity index (χ0) is 13.9. The summed E-state index contributed by atoms with van der Waals surface area (Å²) in [6.07, 6.45) is 1.78. The molecule has 0 radical (unpaired) electrons. The molecule has 0 aliphatic heterocycles. The van der Waals surface area contributed by atoms with E-state index in [9.17, 15) is 0 Å². The van der Waals surface area contributed by atoms with Gasteiger partial charge in [0.25, 0.3) is 0 Å². The Morgan fingerprint density at radius 2 is 1.95 bits per heavy atom. The zero-order valence-corrected chi connectivity index (χ0v) is 11.5. The maximum atomic E-state index is 6.09. The molecule has 4 heteroatoms. The van der Waals surface area contributed by atoms with Gasteiger partial charge in [0.15, 0.2) is 0 Å². The van der Waals surface area contributed by atoms with E-state index in [2.05, 4.69) is 4.98 Å². The number of para-hydroxylation sites is 1. The quantitative estimate of drug-likeness (QED) is 0.738. The highest BCUT2D eigenvalue weighted by atomic mass is 35.5. The van der Waals surface area contributed by atoms with E-state index in [0.29, 0.717) is 23.1 Å². The number of aromatic nitrogens is 1. The molecule has 0 amide bonds. The second-order valence-corrected chi connectivity index (χ2v) is 4.88. The third kappa shape index (κ3) is 2.53. The number of benzene rings is 2. The van der Waals surface area contributed by atoms with E-state index < -0.39 is 0 Å². The van der Waals surface area contributed by atoms with Gasteiger partial charge < -0.3 is 10.5 Å². The third-order valence-electron chi connectivity index (χ3n) is 3.06. The largest absolute Gasteiger partial charge is 0.487 e. The van der Waals surface area contributed by atoms with Crippen molar-refractivity contribution in [3.05, 3.63) is 65.3 Å². The van der Waals surface area contributed by atoms with Crippen LogP contribution in [0.25, 0.3) is 10.9 Å². The highest BCUT2D eigenvalue weighted by molar-refractivity contribution is 6.32. The van der Waals surface area contributed by atoms with Gasteiger partial charge in [-0.25, -0.2) is 0 Å². The lowest BCUT2D eigenvalue weighted by Crippen LogP contribution is -1.98. The maximum Gasteiger partial charge on any atom is 0.138 e. The predicted molar refractivity (Wildman–Crippen MR) is 81.9 cm³/mol. The summed E-state index contributed by atoms with van der Waals surface area (Å²) in [5, 5.41) is 1.61. The van der Waals surface area contributed by atoms with Crippen LogP contribution in [0.5, 0.6) is 5.75 Å². The van der Waals surface area contributed by atoms with Crippen LogP contribution in [0.3, 0.4) is 0 Å². The standard InChI is InChI=1S/C16H13ClN2O/c17-14-9-13(18)6-7-15(14)20-10-12-4-1-3-11-5-2-8-19-16(11)12/h1-9H,10,18H2. The number of nitrogens with two attached hydrogens (primary N) is 1. The molecule has 3 rings (SSSR count). The first-order chi connectivity index (χ1) is 9.74. The molecular formula is C16H13ClN2O. The van der Waals surface area contributed by atoms with Gasteiger partial charge in [0.1, 0.15) is 12.4 Å². The number of halogens is 1. The Morgan fingerprint density at radius 1 is 1.10 bits per heavy atom. The summed E-state index contributed by atoms with van der Waals surface area (Å²) < 4.78 is 5.76. The maximum absolute atomic E-state index is 6.09. The Bertz CT molecular complexity index is 753. The van der Waals surface area contributed by atoms with Crippen molar-refractivity contribution in [3.63, 3.8) is 0 Å². The molecule has 3 nitrogen and oxygen atoms in total. The normalized spacial score (nSPS) is 10.7. The molecule has 0 atom stereocenters. The van der Waals surface area contributed by atoms with E-state index in [1.54, 1.807) is 24.4 Å². The summed E-state index contributed by atoms with van der Waals surface area (Å²) in [7, 11) is 0. The number of anilines is 1. The van der Waals surface area contributed by atoms with Gasteiger partial charge in [-0.05, 0) is 24.3 Å². The molecule has 2 N–H and O–H groups in total. The summed E-state index contributed by atoms with van der Waals surface area (Å²) in [6.45, 7) is 0.415. The smallest absolute Gasteiger partial charge is 0.138 e. The molecule has 20 heavy (non-hydrogen) atoms. The van der Waals surface area contributed by atoms with E-state index in [-0.39, 0.29) is 0 Å². The zero-order valence-electron chi connectivity index (χ0n) is 10.7. The van der Waals surface area contributed by atoms with Crippen LogP contribution in [-0.4, -0.2) is 4.98 Å². The van der Waals surface area contributed by atoms with Gasteiger partial charge in [0.05, 0.1) is 10.5 Å². The molecule has 0 aliphatic rings. The minimum Gasteiger partial charge on any atom is -0.487 e. The fourth-order valence-corrected chi connectivity index (χ4v) is 2.32. The van der Waals surface area contributed by atoms with Gasteiger partial charge in [0, 0.05) is 22.8 Å². The Morgan fingerprint density at radius 3 is 2.80 bits per heavy atom. The highest BCUT2D eigenvalue weighted by Gasteiger charge is 2.05. The van der Waals surface area contributed by atoms with Crippen molar-refractivity contribution in [3.8, 4) is 5.75 Å². The van der Waals surface area contributed by atoms with Gasteiger partial charge in [-0.2, -0.15) is 0 Å². The molecule has 0 saturated heterocycles. The molecule has 0 saturated carbocycles. The molecule has 1 heterocycles. The summed E-state index contributed by atoms with van der Waals surface area (Å²) in [5.74, 6) is 0.619. The lowest BCUT2D eigenvalue weighted by atomic mass is 10.1. The Kier molecular flexibility index (Phi) is 3.44. The van der Waals surface area contributed by atoms with Crippen LogP contribution in [0.4, 0.5) is 5.69 Å². The summed E-state index contributed by atoms with van der Waals surface area (Å²) in [4.78, 5) is 4.40. The van der Waals surface area contributed by atoms with Gasteiger partial charge in [-0.1, -0.05) is 35.9 Å². The molecule has 0 bridgehead atoms. The van der Waals surface area contributed by atoms with Crippen LogP contribution in [0, 0.1) is 0 Å². The first kappa shape index (κ1) is 12.8. The molecule has 1 aromatic heterocycles. The minimum absolute atomic E-state index is 0.415. The number of rotatable bonds is 3. The van der Waals surface area contributed by atoms with Gasteiger partial charge in [-0.3, -0.25) is 4.98 Å². The van der Waals surface area contributed by atoms with Crippen molar-refractivity contribution in [2.45, 2.75) is 6.61 Å². The van der Waals surface area contributed by atoms with Crippen molar-refractivity contribution in [2.24, 2.45) is 0 Å². The number of pyridine rings is 1. The molecule has 0 aliphatic carbocycles. The van der Waals surface area contributed by atoms with Gasteiger partial charge >= 0.3 is 0 Å². The molecule has 0 fully saturated rings. The van der Waals surface area contributed by atoms with Gasteiger partial charge in [-0.15, -0.1) is 0 Å². The monoisotopic (exact) mass is 284 g/mol. The number of nitrogen functional groups attached to an aromatic ring is 1. The Labute approximate surface area is 122 Å². The summed E-state index contributed by atoms with van der Waals surface area (Å²) in [6, 6.07) is 15.2. The molecule has 0 unspecified atom stereocenters. The van der Waals surface area contributed by atoms with Crippen molar-refractivity contribution in [1.29, 1.82) is 0 Å². The fraction of sp³-hybridized carbons (Fsp3) is 0.0625. The van der Waals surface area contributed by atoms with E-state index in [1.165, 1.54) is 0 Å².